The van der Waals surface area contributed by atoms with Crippen molar-refractivity contribution in [1.82, 2.24) is 4.31 Å². The van der Waals surface area contributed by atoms with Crippen LogP contribution in [0.5, 0.6) is 0 Å². The molecule has 0 spiro atoms. The quantitative estimate of drug-likeness (QED) is 0.804. The average Bonchev–Trinajstić information content (AvgIpc) is 2.16. The summed E-state index contributed by atoms with van der Waals surface area (Å²) in [6.07, 6.45) is -4.58. The molecule has 0 heterocycles. The average molecular weight is 252 g/mol. The molecule has 0 aliphatic carbocycles. The maximum Gasteiger partial charge on any atom is 0.416 e. The van der Waals surface area contributed by atoms with Crippen LogP contribution in [-0.2, 0) is 16.2 Å². The molecule has 1 radical (unpaired) electrons. The molecule has 0 aromatic heterocycles. The van der Waals surface area contributed by atoms with Crippen LogP contribution >= 0.6 is 0 Å². The van der Waals surface area contributed by atoms with Crippen LogP contribution < -0.4 is 0 Å². The van der Waals surface area contributed by atoms with Crippen molar-refractivity contribution >= 4 is 10.0 Å². The summed E-state index contributed by atoms with van der Waals surface area (Å²) in [5.41, 5.74) is -1.03. The Bertz CT molecular complexity index is 480. The van der Waals surface area contributed by atoms with Crippen LogP contribution in [0.4, 0.5) is 13.2 Å². The zero-order valence-electron chi connectivity index (χ0n) is 8.54. The zero-order valence-corrected chi connectivity index (χ0v) is 9.35. The van der Waals surface area contributed by atoms with E-state index in [1.807, 2.05) is 0 Å². The summed E-state index contributed by atoms with van der Waals surface area (Å²) < 4.78 is 60.9. The molecule has 0 saturated heterocycles. The van der Waals surface area contributed by atoms with Gasteiger partial charge in [0.25, 0.3) is 0 Å². The molecule has 0 amide bonds. The van der Waals surface area contributed by atoms with Gasteiger partial charge >= 0.3 is 6.18 Å². The van der Waals surface area contributed by atoms with Gasteiger partial charge in [-0.25, -0.2) is 12.7 Å². The molecular formula is C9H9F3NO2S. The van der Waals surface area contributed by atoms with Crippen LogP contribution in [0, 0.1) is 6.07 Å². The maximum atomic E-state index is 12.3. The van der Waals surface area contributed by atoms with Crippen molar-refractivity contribution in [3.8, 4) is 0 Å². The Morgan fingerprint density at radius 1 is 1.25 bits per heavy atom. The highest BCUT2D eigenvalue weighted by Gasteiger charge is 2.32. The topological polar surface area (TPSA) is 37.4 Å². The van der Waals surface area contributed by atoms with Crippen molar-refractivity contribution in [1.29, 1.82) is 0 Å². The third-order valence-electron chi connectivity index (χ3n) is 1.87. The van der Waals surface area contributed by atoms with Crippen LogP contribution in [0.2, 0.25) is 0 Å². The summed E-state index contributed by atoms with van der Waals surface area (Å²) >= 11 is 0. The second-order valence-electron chi connectivity index (χ2n) is 3.24. The van der Waals surface area contributed by atoms with E-state index in [9.17, 15) is 21.6 Å². The number of benzene rings is 1. The fourth-order valence-corrected chi connectivity index (χ4v) is 1.89. The molecule has 3 nitrogen and oxygen atoms in total. The molecule has 0 saturated carbocycles. The normalized spacial score (nSPS) is 13.1. The Kier molecular flexibility index (Phi) is 3.30. The predicted octanol–water partition coefficient (Wildman–Crippen LogP) is 1.76. The molecule has 0 aliphatic rings. The highest BCUT2D eigenvalue weighted by atomic mass is 32.2. The smallest absolute Gasteiger partial charge is 0.207 e. The van der Waals surface area contributed by atoms with E-state index < -0.39 is 26.7 Å². The fourth-order valence-electron chi connectivity index (χ4n) is 0.974. The minimum atomic E-state index is -4.58. The lowest BCUT2D eigenvalue weighted by Crippen LogP contribution is -2.22. The van der Waals surface area contributed by atoms with E-state index >= 15 is 0 Å². The first kappa shape index (κ1) is 13.0. The molecule has 0 bridgehead atoms. The third kappa shape index (κ3) is 2.53. The van der Waals surface area contributed by atoms with E-state index in [2.05, 4.69) is 6.07 Å². The first-order chi connectivity index (χ1) is 7.15. The molecule has 0 fully saturated rings. The van der Waals surface area contributed by atoms with Gasteiger partial charge in [0.05, 0.1) is 10.5 Å². The zero-order chi connectivity index (χ0) is 12.6. The number of nitrogens with zero attached hydrogens (tertiary/aromatic N) is 1. The highest BCUT2D eigenvalue weighted by molar-refractivity contribution is 7.89. The molecular weight excluding hydrogens is 243 g/mol. The lowest BCUT2D eigenvalue weighted by Gasteiger charge is -2.13. The Labute approximate surface area is 91.5 Å². The lowest BCUT2D eigenvalue weighted by molar-refractivity contribution is -0.137. The Morgan fingerprint density at radius 3 is 2.25 bits per heavy atom. The van der Waals surface area contributed by atoms with Crippen molar-refractivity contribution in [3.05, 3.63) is 29.8 Å². The van der Waals surface area contributed by atoms with Crippen molar-refractivity contribution in [2.24, 2.45) is 0 Å². The summed E-state index contributed by atoms with van der Waals surface area (Å²) in [7, 11) is -1.37. The van der Waals surface area contributed by atoms with E-state index in [0.717, 1.165) is 10.4 Å². The van der Waals surface area contributed by atoms with E-state index in [0.29, 0.717) is 12.1 Å². The number of rotatable bonds is 2. The van der Waals surface area contributed by atoms with Gasteiger partial charge in [-0.15, -0.1) is 0 Å². The third-order valence-corrected chi connectivity index (χ3v) is 3.66. The number of sulfonamides is 1. The molecule has 1 aromatic carbocycles. The fraction of sp³-hybridized carbons (Fsp3) is 0.333. The maximum absolute atomic E-state index is 12.3. The van der Waals surface area contributed by atoms with Gasteiger partial charge in [0.2, 0.25) is 10.0 Å². The van der Waals surface area contributed by atoms with E-state index in [1.165, 1.54) is 14.1 Å². The van der Waals surface area contributed by atoms with Crippen molar-refractivity contribution < 1.29 is 21.6 Å². The van der Waals surface area contributed by atoms with Gasteiger partial charge in [0.15, 0.2) is 0 Å². The second-order valence-corrected chi connectivity index (χ2v) is 5.39. The lowest BCUT2D eigenvalue weighted by atomic mass is 10.2. The van der Waals surface area contributed by atoms with Crippen molar-refractivity contribution in [3.63, 3.8) is 0 Å². The van der Waals surface area contributed by atoms with Crippen molar-refractivity contribution in [2.75, 3.05) is 14.1 Å². The number of hydrogen-bond acceptors (Lipinski definition) is 2. The summed E-state index contributed by atoms with van der Waals surface area (Å²) in [5, 5.41) is 0. The molecule has 0 N–H and O–H groups in total. The first-order valence-corrected chi connectivity index (χ1v) is 5.60. The largest absolute Gasteiger partial charge is 0.416 e. The molecule has 1 rings (SSSR count). The highest BCUT2D eigenvalue weighted by Crippen LogP contribution is 2.30. The Hall–Kier alpha value is -1.08. The summed E-state index contributed by atoms with van der Waals surface area (Å²) in [5.74, 6) is 0. The predicted molar refractivity (Wildman–Crippen MR) is 51.2 cm³/mol. The molecule has 0 aliphatic heterocycles. The summed E-state index contributed by atoms with van der Waals surface area (Å²) in [4.78, 5) is -0.424. The standard InChI is InChI=1S/C9H9F3NO2S/c1-13(2)16(14,15)8-5-3-4-7(6-8)9(10,11)12/h4-6H,1-2H3. The van der Waals surface area contributed by atoms with Gasteiger partial charge in [-0.2, -0.15) is 13.2 Å². The van der Waals surface area contributed by atoms with Crippen LogP contribution in [-0.4, -0.2) is 26.8 Å². The van der Waals surface area contributed by atoms with Crippen LogP contribution in [0.1, 0.15) is 5.56 Å². The molecule has 16 heavy (non-hydrogen) atoms. The number of alkyl halides is 3. The Morgan fingerprint density at radius 2 is 1.81 bits per heavy atom. The van der Waals surface area contributed by atoms with Crippen LogP contribution in [0.15, 0.2) is 23.1 Å². The van der Waals surface area contributed by atoms with E-state index in [4.69, 9.17) is 0 Å². The number of halogens is 3. The van der Waals surface area contributed by atoms with E-state index in [1.54, 1.807) is 0 Å². The minimum absolute atomic E-state index is 0.424. The monoisotopic (exact) mass is 252 g/mol. The molecule has 1 aromatic rings. The SMILES string of the molecule is CN(C)S(=O)(=O)c1c[c]cc(C(F)(F)F)c1. The van der Waals surface area contributed by atoms with Gasteiger partial charge in [-0.3, -0.25) is 0 Å². The number of hydrogen-bond donors (Lipinski definition) is 0. The van der Waals surface area contributed by atoms with E-state index in [-0.39, 0.29) is 0 Å². The Balaban J connectivity index is 3.30. The molecule has 7 heteroatoms. The molecule has 0 unspecified atom stereocenters. The minimum Gasteiger partial charge on any atom is -0.207 e. The van der Waals surface area contributed by atoms with Crippen LogP contribution in [0.3, 0.4) is 0 Å². The summed E-state index contributed by atoms with van der Waals surface area (Å²) in [6, 6.07) is 4.47. The summed E-state index contributed by atoms with van der Waals surface area (Å²) in [6.45, 7) is 0. The van der Waals surface area contributed by atoms with Gasteiger partial charge in [0.1, 0.15) is 0 Å². The van der Waals surface area contributed by atoms with Crippen LogP contribution in [0.25, 0.3) is 0 Å². The van der Waals surface area contributed by atoms with Gasteiger partial charge < -0.3 is 0 Å². The molecule has 89 valence electrons. The van der Waals surface area contributed by atoms with Crippen molar-refractivity contribution in [2.45, 2.75) is 11.1 Å². The van der Waals surface area contributed by atoms with Gasteiger partial charge in [0, 0.05) is 14.1 Å². The molecule has 0 atom stereocenters. The van der Waals surface area contributed by atoms with Gasteiger partial charge in [-0.1, -0.05) is 0 Å². The van der Waals surface area contributed by atoms with Gasteiger partial charge in [-0.05, 0) is 24.3 Å². The second kappa shape index (κ2) is 4.06. The first-order valence-electron chi connectivity index (χ1n) is 4.16.